The zero-order chi connectivity index (χ0) is 21.5. The quantitative estimate of drug-likeness (QED) is 0.431. The number of nitrogens with one attached hydrogen (secondary N) is 2. The van der Waals surface area contributed by atoms with Crippen molar-refractivity contribution in [2.24, 2.45) is 0 Å². The van der Waals surface area contributed by atoms with Gasteiger partial charge in [-0.05, 0) is 54.6 Å². The van der Waals surface area contributed by atoms with Crippen molar-refractivity contribution in [3.05, 3.63) is 91.0 Å². The number of hydrogen-bond donors (Lipinski definition) is 2. The second-order valence-electron chi connectivity index (χ2n) is 6.56. The summed E-state index contributed by atoms with van der Waals surface area (Å²) in [6.07, 6.45) is 0. The van der Waals surface area contributed by atoms with Gasteiger partial charge in [-0.25, -0.2) is 4.79 Å². The van der Waals surface area contributed by atoms with Crippen molar-refractivity contribution in [2.75, 3.05) is 17.7 Å². The number of para-hydroxylation sites is 1. The number of hydrogen-bond acceptors (Lipinski definition) is 5. The topological polar surface area (TPSA) is 85.4 Å². The summed E-state index contributed by atoms with van der Waals surface area (Å²) in [5, 5.41) is 13.7. The van der Waals surface area contributed by atoms with E-state index >= 15 is 0 Å². The lowest BCUT2D eigenvalue weighted by atomic mass is 10.1. The molecule has 1 heterocycles. The molecule has 2 N–H and O–H groups in total. The molecule has 0 fully saturated rings. The Labute approximate surface area is 179 Å². The number of carbonyl (C=O) groups is 1. The van der Waals surface area contributed by atoms with Crippen LogP contribution in [0.15, 0.2) is 91.0 Å². The highest BCUT2D eigenvalue weighted by atomic mass is 16.5. The number of aromatic nitrogens is 2. The Balaban J connectivity index is 1.33. The summed E-state index contributed by atoms with van der Waals surface area (Å²) in [5.41, 5.74) is 2.92. The minimum atomic E-state index is -0.339. The monoisotopic (exact) mass is 412 g/mol. The van der Waals surface area contributed by atoms with Crippen LogP contribution in [0.5, 0.6) is 17.4 Å². The summed E-state index contributed by atoms with van der Waals surface area (Å²) < 4.78 is 10.8. The molecule has 0 spiro atoms. The lowest BCUT2D eigenvalue weighted by molar-refractivity contribution is 0.262. The van der Waals surface area contributed by atoms with Crippen LogP contribution in [0.2, 0.25) is 0 Å². The Bertz CT molecular complexity index is 1130. The third-order valence-electron chi connectivity index (χ3n) is 4.38. The van der Waals surface area contributed by atoms with Gasteiger partial charge in [0.25, 0.3) is 0 Å². The first-order valence-corrected chi connectivity index (χ1v) is 9.59. The van der Waals surface area contributed by atoms with E-state index in [4.69, 9.17) is 9.47 Å². The average Bonchev–Trinajstić information content (AvgIpc) is 2.82. The Morgan fingerprint density at radius 1 is 0.710 bits per heavy atom. The summed E-state index contributed by atoms with van der Waals surface area (Å²) in [6, 6.07) is 27.2. The molecule has 7 heteroatoms. The SMILES string of the molecule is COc1ccc(-c2ccc(NC(=O)Nc3ccc(Oc4ccccc4)cc3)cc2)nn1. The van der Waals surface area contributed by atoms with Gasteiger partial charge in [0, 0.05) is 23.0 Å². The van der Waals surface area contributed by atoms with Gasteiger partial charge in [0.1, 0.15) is 11.5 Å². The molecule has 4 aromatic rings. The van der Waals surface area contributed by atoms with E-state index in [-0.39, 0.29) is 6.03 Å². The first-order valence-electron chi connectivity index (χ1n) is 9.59. The maximum absolute atomic E-state index is 12.3. The molecule has 0 atom stereocenters. The summed E-state index contributed by atoms with van der Waals surface area (Å²) in [6.45, 7) is 0. The second-order valence-corrected chi connectivity index (χ2v) is 6.56. The number of anilines is 2. The number of benzene rings is 3. The van der Waals surface area contributed by atoms with Gasteiger partial charge in [0.2, 0.25) is 5.88 Å². The van der Waals surface area contributed by atoms with Crippen LogP contribution in [0, 0.1) is 0 Å². The van der Waals surface area contributed by atoms with Crippen LogP contribution in [0.1, 0.15) is 0 Å². The molecule has 31 heavy (non-hydrogen) atoms. The highest BCUT2D eigenvalue weighted by Crippen LogP contribution is 2.23. The second kappa shape index (κ2) is 9.41. The molecule has 0 radical (unpaired) electrons. The van der Waals surface area contributed by atoms with Crippen LogP contribution in [-0.4, -0.2) is 23.3 Å². The van der Waals surface area contributed by atoms with E-state index in [0.29, 0.717) is 23.0 Å². The predicted octanol–water partition coefficient (Wildman–Crippen LogP) is 5.59. The molecule has 4 rings (SSSR count). The van der Waals surface area contributed by atoms with Gasteiger partial charge in [-0.1, -0.05) is 30.3 Å². The minimum absolute atomic E-state index is 0.339. The summed E-state index contributed by atoms with van der Waals surface area (Å²) in [4.78, 5) is 12.3. The molecule has 2 amide bonds. The molecule has 0 bridgehead atoms. The zero-order valence-electron chi connectivity index (χ0n) is 16.8. The molecule has 0 aliphatic carbocycles. The molecule has 0 saturated heterocycles. The summed E-state index contributed by atoms with van der Waals surface area (Å²) >= 11 is 0. The van der Waals surface area contributed by atoms with Crippen LogP contribution < -0.4 is 20.1 Å². The standard InChI is InChI=1S/C24H20N4O3/c1-30-23-16-15-22(27-28-23)17-7-9-18(10-8-17)25-24(29)26-19-11-13-21(14-12-19)31-20-5-3-2-4-6-20/h2-16H,1H3,(H2,25,26,29). The fourth-order valence-corrected chi connectivity index (χ4v) is 2.83. The minimum Gasteiger partial charge on any atom is -0.480 e. The summed E-state index contributed by atoms with van der Waals surface area (Å²) in [5.74, 6) is 1.90. The first-order chi connectivity index (χ1) is 15.2. The number of carbonyl (C=O) groups excluding carboxylic acids is 1. The zero-order valence-corrected chi connectivity index (χ0v) is 16.8. The van der Waals surface area contributed by atoms with E-state index in [0.717, 1.165) is 17.0 Å². The number of amides is 2. The van der Waals surface area contributed by atoms with E-state index in [1.54, 1.807) is 49.6 Å². The first kappa shape index (κ1) is 19.9. The Hall–Kier alpha value is -4.39. The highest BCUT2D eigenvalue weighted by molar-refractivity contribution is 5.99. The number of nitrogens with zero attached hydrogens (tertiary/aromatic N) is 2. The molecule has 1 aromatic heterocycles. The maximum Gasteiger partial charge on any atom is 0.323 e. The molecule has 0 aliphatic heterocycles. The molecule has 0 saturated carbocycles. The Morgan fingerprint density at radius 2 is 1.32 bits per heavy atom. The fourth-order valence-electron chi connectivity index (χ4n) is 2.83. The maximum atomic E-state index is 12.3. The predicted molar refractivity (Wildman–Crippen MR) is 120 cm³/mol. The van der Waals surface area contributed by atoms with E-state index in [2.05, 4.69) is 20.8 Å². The third kappa shape index (κ3) is 5.36. The van der Waals surface area contributed by atoms with Crippen molar-refractivity contribution in [1.29, 1.82) is 0 Å². The molecule has 0 unspecified atom stereocenters. The van der Waals surface area contributed by atoms with E-state index < -0.39 is 0 Å². The smallest absolute Gasteiger partial charge is 0.323 e. The van der Waals surface area contributed by atoms with E-state index in [1.165, 1.54) is 0 Å². The van der Waals surface area contributed by atoms with Crippen molar-refractivity contribution in [2.45, 2.75) is 0 Å². The van der Waals surface area contributed by atoms with E-state index in [1.807, 2.05) is 48.5 Å². The van der Waals surface area contributed by atoms with Crippen molar-refractivity contribution in [1.82, 2.24) is 10.2 Å². The van der Waals surface area contributed by atoms with Crippen LogP contribution in [0.3, 0.4) is 0 Å². The average molecular weight is 412 g/mol. The summed E-state index contributed by atoms with van der Waals surface area (Å²) in [7, 11) is 1.54. The fraction of sp³-hybridized carbons (Fsp3) is 0.0417. The van der Waals surface area contributed by atoms with Gasteiger partial charge in [-0.2, -0.15) is 0 Å². The van der Waals surface area contributed by atoms with Crippen molar-refractivity contribution in [3.63, 3.8) is 0 Å². The molecular weight excluding hydrogens is 392 g/mol. The molecule has 7 nitrogen and oxygen atoms in total. The van der Waals surface area contributed by atoms with E-state index in [9.17, 15) is 4.79 Å². The molecular formula is C24H20N4O3. The van der Waals surface area contributed by atoms with Crippen molar-refractivity contribution in [3.8, 4) is 28.6 Å². The van der Waals surface area contributed by atoms with Crippen molar-refractivity contribution < 1.29 is 14.3 Å². The lowest BCUT2D eigenvalue weighted by Crippen LogP contribution is -2.19. The van der Waals surface area contributed by atoms with Gasteiger partial charge < -0.3 is 20.1 Å². The van der Waals surface area contributed by atoms with Gasteiger partial charge in [0.15, 0.2) is 0 Å². The normalized spacial score (nSPS) is 10.2. The van der Waals surface area contributed by atoms with Gasteiger partial charge >= 0.3 is 6.03 Å². The van der Waals surface area contributed by atoms with Crippen LogP contribution in [-0.2, 0) is 0 Å². The molecule has 0 aliphatic rings. The van der Waals surface area contributed by atoms with Crippen molar-refractivity contribution >= 4 is 17.4 Å². The molecule has 154 valence electrons. The third-order valence-corrected chi connectivity index (χ3v) is 4.38. The number of rotatable bonds is 6. The number of urea groups is 1. The van der Waals surface area contributed by atoms with Gasteiger partial charge in [-0.3, -0.25) is 0 Å². The number of ether oxygens (including phenoxy) is 2. The Morgan fingerprint density at radius 3 is 1.90 bits per heavy atom. The van der Waals surface area contributed by atoms with Gasteiger partial charge in [-0.15, -0.1) is 10.2 Å². The number of methoxy groups -OCH3 is 1. The highest BCUT2D eigenvalue weighted by Gasteiger charge is 2.06. The molecule has 3 aromatic carbocycles. The largest absolute Gasteiger partial charge is 0.480 e. The van der Waals surface area contributed by atoms with Crippen LogP contribution in [0.25, 0.3) is 11.3 Å². The lowest BCUT2D eigenvalue weighted by Gasteiger charge is -2.10. The Kier molecular flexibility index (Phi) is 6.04. The van der Waals surface area contributed by atoms with Gasteiger partial charge in [0.05, 0.1) is 12.8 Å². The van der Waals surface area contributed by atoms with Crippen LogP contribution in [0.4, 0.5) is 16.2 Å². The van der Waals surface area contributed by atoms with Crippen LogP contribution >= 0.6 is 0 Å².